The highest BCUT2D eigenvalue weighted by atomic mass is 32.2. The van der Waals surface area contributed by atoms with Gasteiger partial charge >= 0.3 is 0 Å². The van der Waals surface area contributed by atoms with Gasteiger partial charge in [0, 0.05) is 5.75 Å². The van der Waals surface area contributed by atoms with E-state index in [1.54, 1.807) is 0 Å². The third kappa shape index (κ3) is 36.4. The number of unbranched alkanes of at least 4 members (excludes halogenated alkanes) is 30. The van der Waals surface area contributed by atoms with Crippen molar-refractivity contribution in [1.82, 2.24) is 0 Å². The molecule has 37 heavy (non-hydrogen) atoms. The fraction of sp³-hybridized carbons (Fsp3) is 0.972. The number of thioether (sulfide) groups is 1. The molecule has 0 rings (SSSR count). The standard InChI is InChI=1S/C36H73S/c1-3-5-7-9-11-13-15-17-18-19-20-21-22-23-24-26-28-30-32-34-36-37-35-33-31-29-27-25-16-14-12-10-8-6-4-2/h36H,3-35H2,1-2H3. The van der Waals surface area contributed by atoms with Crippen molar-refractivity contribution in [1.29, 1.82) is 0 Å². The van der Waals surface area contributed by atoms with Crippen LogP contribution in [0.15, 0.2) is 0 Å². The van der Waals surface area contributed by atoms with E-state index in [1.165, 1.54) is 211 Å². The third-order valence-electron chi connectivity index (χ3n) is 8.16. The second kappa shape index (κ2) is 36.4. The first-order valence-corrected chi connectivity index (χ1v) is 18.9. The van der Waals surface area contributed by atoms with Gasteiger partial charge in [0.2, 0.25) is 0 Å². The minimum absolute atomic E-state index is 1.34. The van der Waals surface area contributed by atoms with Crippen molar-refractivity contribution in [3.8, 4) is 0 Å². The lowest BCUT2D eigenvalue weighted by Crippen LogP contribution is -1.85. The van der Waals surface area contributed by atoms with E-state index in [1.807, 2.05) is 0 Å². The third-order valence-corrected chi connectivity index (χ3v) is 9.15. The molecule has 0 fully saturated rings. The number of rotatable bonds is 34. The molecule has 0 aromatic heterocycles. The second-order valence-corrected chi connectivity index (χ2v) is 13.2. The maximum absolute atomic E-state index is 2.51. The maximum atomic E-state index is 2.51. The van der Waals surface area contributed by atoms with Gasteiger partial charge in [-0.25, -0.2) is 0 Å². The van der Waals surface area contributed by atoms with Crippen LogP contribution in [0.2, 0.25) is 0 Å². The highest BCUT2D eigenvalue weighted by Gasteiger charge is 1.97. The van der Waals surface area contributed by atoms with Gasteiger partial charge in [-0.15, -0.1) is 0 Å². The van der Waals surface area contributed by atoms with Crippen LogP contribution in [0.25, 0.3) is 0 Å². The monoisotopic (exact) mass is 538 g/mol. The molecule has 0 saturated heterocycles. The fourth-order valence-corrected chi connectivity index (χ4v) is 6.37. The summed E-state index contributed by atoms with van der Waals surface area (Å²) in [5.41, 5.74) is 0. The van der Waals surface area contributed by atoms with Gasteiger partial charge in [0.15, 0.2) is 0 Å². The van der Waals surface area contributed by atoms with E-state index < -0.39 is 0 Å². The van der Waals surface area contributed by atoms with Crippen LogP contribution in [-0.2, 0) is 0 Å². The van der Waals surface area contributed by atoms with E-state index in [0.29, 0.717) is 0 Å². The zero-order valence-electron chi connectivity index (χ0n) is 26.3. The summed E-state index contributed by atoms with van der Waals surface area (Å²) >= 11 is 2.10. The minimum atomic E-state index is 1.34. The molecule has 0 spiro atoms. The minimum Gasteiger partial charge on any atom is -0.157 e. The lowest BCUT2D eigenvalue weighted by Gasteiger charge is -2.04. The van der Waals surface area contributed by atoms with Crippen LogP contribution in [0.1, 0.15) is 219 Å². The van der Waals surface area contributed by atoms with E-state index in [0.717, 1.165) is 0 Å². The summed E-state index contributed by atoms with van der Waals surface area (Å²) in [7, 11) is 0. The summed E-state index contributed by atoms with van der Waals surface area (Å²) in [6.07, 6.45) is 46.8. The lowest BCUT2D eigenvalue weighted by atomic mass is 10.0. The van der Waals surface area contributed by atoms with Crippen molar-refractivity contribution in [3.63, 3.8) is 0 Å². The van der Waals surface area contributed by atoms with Crippen LogP contribution >= 0.6 is 11.8 Å². The zero-order valence-corrected chi connectivity index (χ0v) is 27.1. The molecule has 0 nitrogen and oxygen atoms in total. The van der Waals surface area contributed by atoms with Crippen molar-refractivity contribution >= 4 is 11.8 Å². The van der Waals surface area contributed by atoms with Crippen molar-refractivity contribution in [2.45, 2.75) is 219 Å². The van der Waals surface area contributed by atoms with Crippen LogP contribution < -0.4 is 0 Å². The molecule has 0 N–H and O–H groups in total. The molecule has 0 aliphatic rings. The molecule has 0 aliphatic heterocycles. The summed E-state index contributed by atoms with van der Waals surface area (Å²) in [6, 6.07) is 0. The smallest absolute Gasteiger partial charge is 0.0166 e. The first kappa shape index (κ1) is 37.4. The number of hydrogen-bond acceptors (Lipinski definition) is 1. The molecule has 0 heterocycles. The maximum Gasteiger partial charge on any atom is 0.0166 e. The Balaban J connectivity index is 3.00. The molecule has 0 aromatic rings. The van der Waals surface area contributed by atoms with E-state index in [-0.39, 0.29) is 0 Å². The van der Waals surface area contributed by atoms with Gasteiger partial charge in [-0.2, -0.15) is 11.8 Å². The molecule has 223 valence electrons. The van der Waals surface area contributed by atoms with Crippen molar-refractivity contribution in [2.75, 3.05) is 5.75 Å². The van der Waals surface area contributed by atoms with Crippen LogP contribution in [0, 0.1) is 5.75 Å². The quantitative estimate of drug-likeness (QED) is 0.0735. The van der Waals surface area contributed by atoms with E-state index in [4.69, 9.17) is 0 Å². The van der Waals surface area contributed by atoms with E-state index in [9.17, 15) is 0 Å². The van der Waals surface area contributed by atoms with Gasteiger partial charge < -0.3 is 0 Å². The molecule has 0 saturated carbocycles. The molecular formula is C36H73S. The second-order valence-electron chi connectivity index (χ2n) is 12.1. The predicted molar refractivity (Wildman–Crippen MR) is 176 cm³/mol. The average Bonchev–Trinajstić information content (AvgIpc) is 2.91. The highest BCUT2D eigenvalue weighted by molar-refractivity contribution is 8.01. The summed E-state index contributed by atoms with van der Waals surface area (Å²) in [5.74, 6) is 3.86. The zero-order chi connectivity index (χ0) is 26.7. The first-order chi connectivity index (χ1) is 18.4. The average molecular weight is 538 g/mol. The van der Waals surface area contributed by atoms with Crippen LogP contribution in [0.4, 0.5) is 0 Å². The van der Waals surface area contributed by atoms with Crippen molar-refractivity contribution in [2.24, 2.45) is 0 Å². The first-order valence-electron chi connectivity index (χ1n) is 17.8. The molecule has 0 amide bonds. The van der Waals surface area contributed by atoms with Crippen LogP contribution in [0.5, 0.6) is 0 Å². The highest BCUT2D eigenvalue weighted by Crippen LogP contribution is 2.18. The summed E-state index contributed by atoms with van der Waals surface area (Å²) < 4.78 is 0. The Hall–Kier alpha value is 0.350. The Morgan fingerprint density at radius 2 is 0.541 bits per heavy atom. The molecule has 0 aromatic carbocycles. The Morgan fingerprint density at radius 3 is 0.838 bits per heavy atom. The summed E-state index contributed by atoms with van der Waals surface area (Å²) in [4.78, 5) is 0. The molecule has 0 aliphatic carbocycles. The van der Waals surface area contributed by atoms with Crippen molar-refractivity contribution in [3.05, 3.63) is 5.75 Å². The van der Waals surface area contributed by atoms with E-state index in [2.05, 4.69) is 31.4 Å². The normalized spacial score (nSPS) is 11.5. The largest absolute Gasteiger partial charge is 0.157 e. The van der Waals surface area contributed by atoms with Gasteiger partial charge in [0.25, 0.3) is 0 Å². The molecule has 0 bridgehead atoms. The molecular weight excluding hydrogens is 464 g/mol. The predicted octanol–water partition coefficient (Wildman–Crippen LogP) is 14.4. The van der Waals surface area contributed by atoms with Crippen LogP contribution in [-0.4, -0.2) is 5.75 Å². The Labute approximate surface area is 242 Å². The fourth-order valence-electron chi connectivity index (χ4n) is 5.50. The Kier molecular flexibility index (Phi) is 36.7. The van der Waals surface area contributed by atoms with Gasteiger partial charge in [-0.3, -0.25) is 0 Å². The van der Waals surface area contributed by atoms with Gasteiger partial charge in [-0.05, 0) is 18.6 Å². The van der Waals surface area contributed by atoms with Crippen LogP contribution in [0.3, 0.4) is 0 Å². The molecule has 0 atom stereocenters. The van der Waals surface area contributed by atoms with Gasteiger partial charge in [-0.1, -0.05) is 206 Å². The molecule has 0 unspecified atom stereocenters. The Morgan fingerprint density at radius 1 is 0.297 bits per heavy atom. The summed E-state index contributed by atoms with van der Waals surface area (Å²) in [6.45, 7) is 4.61. The topological polar surface area (TPSA) is 0 Å². The number of hydrogen-bond donors (Lipinski definition) is 0. The van der Waals surface area contributed by atoms with Gasteiger partial charge in [0.05, 0.1) is 0 Å². The molecule has 1 radical (unpaired) electrons. The van der Waals surface area contributed by atoms with Crippen molar-refractivity contribution < 1.29 is 0 Å². The van der Waals surface area contributed by atoms with Gasteiger partial charge in [0.1, 0.15) is 0 Å². The Bertz CT molecular complexity index is 332. The lowest BCUT2D eigenvalue weighted by molar-refractivity contribution is 0.523. The summed E-state index contributed by atoms with van der Waals surface area (Å²) in [5, 5.41) is 0. The van der Waals surface area contributed by atoms with E-state index >= 15 is 0 Å². The molecule has 1 heteroatoms. The SMILES string of the molecule is CCCCCCCCCCCCCCCCCCCCC[CH]SCCCCCCCCCCCCCC.